The van der Waals surface area contributed by atoms with Crippen molar-refractivity contribution in [2.24, 2.45) is 0 Å². The average Bonchev–Trinajstić information content (AvgIpc) is 2.59. The standard InChI is InChI=1S/C11H13F3N4/c1-9-2-5-18(16-9)10(3-4-15)6-17(7-10)8-11(12,13)14/h2,5H,3,6-8H2,1H3. The van der Waals surface area contributed by atoms with Crippen molar-refractivity contribution in [1.29, 1.82) is 5.26 Å². The molecule has 0 bridgehead atoms. The zero-order valence-corrected chi connectivity index (χ0v) is 9.91. The Kier molecular flexibility index (Phi) is 3.07. The lowest BCUT2D eigenvalue weighted by molar-refractivity contribution is -0.167. The van der Waals surface area contributed by atoms with E-state index in [0.29, 0.717) is 0 Å². The van der Waals surface area contributed by atoms with Crippen LogP contribution in [0.2, 0.25) is 0 Å². The highest BCUT2D eigenvalue weighted by molar-refractivity contribution is 5.08. The lowest BCUT2D eigenvalue weighted by atomic mass is 9.87. The summed E-state index contributed by atoms with van der Waals surface area (Å²) in [5.41, 5.74) is 0.190. The first-order valence-corrected chi connectivity index (χ1v) is 5.53. The predicted octanol–water partition coefficient (Wildman–Crippen LogP) is 1.68. The van der Waals surface area contributed by atoms with E-state index in [1.54, 1.807) is 16.9 Å². The van der Waals surface area contributed by atoms with Gasteiger partial charge in [0.25, 0.3) is 0 Å². The fourth-order valence-corrected chi connectivity index (χ4v) is 2.32. The van der Waals surface area contributed by atoms with Crippen LogP contribution in [0.5, 0.6) is 0 Å². The Balaban J connectivity index is 2.08. The fourth-order valence-electron chi connectivity index (χ4n) is 2.32. The van der Waals surface area contributed by atoms with E-state index in [-0.39, 0.29) is 19.5 Å². The van der Waals surface area contributed by atoms with Crippen molar-refractivity contribution in [3.8, 4) is 6.07 Å². The number of nitrogens with zero attached hydrogens (tertiary/aromatic N) is 4. The van der Waals surface area contributed by atoms with Gasteiger partial charge in [-0.25, -0.2) is 0 Å². The number of rotatable bonds is 3. The van der Waals surface area contributed by atoms with Gasteiger partial charge in [-0.05, 0) is 13.0 Å². The van der Waals surface area contributed by atoms with Gasteiger partial charge < -0.3 is 0 Å². The highest BCUT2D eigenvalue weighted by atomic mass is 19.4. The van der Waals surface area contributed by atoms with E-state index >= 15 is 0 Å². The summed E-state index contributed by atoms with van der Waals surface area (Å²) in [6, 6.07) is 3.82. The maximum absolute atomic E-state index is 12.2. The molecule has 1 aromatic rings. The lowest BCUT2D eigenvalue weighted by Crippen LogP contribution is -2.64. The number of hydrogen-bond donors (Lipinski definition) is 0. The number of nitriles is 1. The summed E-state index contributed by atoms with van der Waals surface area (Å²) in [5.74, 6) is 0. The van der Waals surface area contributed by atoms with Gasteiger partial charge in [-0.3, -0.25) is 9.58 Å². The third-order valence-corrected chi connectivity index (χ3v) is 3.06. The second kappa shape index (κ2) is 4.28. The van der Waals surface area contributed by atoms with Gasteiger partial charge in [-0.2, -0.15) is 23.5 Å². The zero-order valence-electron chi connectivity index (χ0n) is 9.91. The minimum absolute atomic E-state index is 0.169. The normalized spacial score (nSPS) is 19.3. The summed E-state index contributed by atoms with van der Waals surface area (Å²) < 4.78 is 38.3. The second-order valence-corrected chi connectivity index (χ2v) is 4.72. The third-order valence-electron chi connectivity index (χ3n) is 3.06. The van der Waals surface area contributed by atoms with Crippen LogP contribution in [0.1, 0.15) is 12.1 Å². The molecule has 2 rings (SSSR count). The van der Waals surface area contributed by atoms with Crippen LogP contribution in [-0.2, 0) is 5.54 Å². The topological polar surface area (TPSA) is 44.9 Å². The molecule has 0 aliphatic carbocycles. The van der Waals surface area contributed by atoms with Crippen molar-refractivity contribution in [3.05, 3.63) is 18.0 Å². The Hall–Kier alpha value is -1.55. The predicted molar refractivity (Wildman–Crippen MR) is 57.7 cm³/mol. The van der Waals surface area contributed by atoms with Crippen molar-refractivity contribution < 1.29 is 13.2 Å². The highest BCUT2D eigenvalue weighted by Gasteiger charge is 2.48. The molecule has 0 atom stereocenters. The molecule has 0 amide bonds. The summed E-state index contributed by atoms with van der Waals surface area (Å²) in [7, 11) is 0. The zero-order chi connectivity index (χ0) is 13.4. The number of hydrogen-bond acceptors (Lipinski definition) is 3. The summed E-state index contributed by atoms with van der Waals surface area (Å²) in [6.07, 6.45) is -2.31. The van der Waals surface area contributed by atoms with E-state index in [0.717, 1.165) is 5.69 Å². The number of halogens is 3. The Bertz CT molecular complexity index is 465. The number of likely N-dealkylation sites (tertiary alicyclic amines) is 1. The molecule has 18 heavy (non-hydrogen) atoms. The van der Waals surface area contributed by atoms with Crippen LogP contribution in [0.25, 0.3) is 0 Å². The van der Waals surface area contributed by atoms with Gasteiger partial charge >= 0.3 is 6.18 Å². The molecule has 1 aliphatic heterocycles. The Morgan fingerprint density at radius 3 is 2.61 bits per heavy atom. The first-order chi connectivity index (χ1) is 8.35. The Morgan fingerprint density at radius 2 is 2.17 bits per heavy atom. The molecule has 0 unspecified atom stereocenters. The van der Waals surface area contributed by atoms with Gasteiger partial charge in [0.1, 0.15) is 5.54 Å². The van der Waals surface area contributed by atoms with E-state index in [4.69, 9.17) is 5.26 Å². The SMILES string of the molecule is Cc1ccn(C2(CC#N)CN(CC(F)(F)F)C2)n1. The summed E-state index contributed by atoms with van der Waals surface area (Å²) in [4.78, 5) is 1.29. The number of aryl methyl sites for hydroxylation is 1. The van der Waals surface area contributed by atoms with E-state index < -0.39 is 18.3 Å². The summed E-state index contributed by atoms with van der Waals surface area (Å²) in [5, 5.41) is 13.0. The Labute approximate surface area is 103 Å². The summed E-state index contributed by atoms with van der Waals surface area (Å²) >= 11 is 0. The Morgan fingerprint density at radius 1 is 1.50 bits per heavy atom. The van der Waals surface area contributed by atoms with E-state index in [1.807, 2.05) is 13.0 Å². The maximum atomic E-state index is 12.2. The molecule has 0 saturated carbocycles. The van der Waals surface area contributed by atoms with Crippen LogP contribution >= 0.6 is 0 Å². The molecule has 0 N–H and O–H groups in total. The monoisotopic (exact) mass is 258 g/mol. The van der Waals surface area contributed by atoms with E-state index in [1.165, 1.54) is 4.90 Å². The smallest absolute Gasteiger partial charge is 0.290 e. The van der Waals surface area contributed by atoms with Gasteiger partial charge in [0.15, 0.2) is 0 Å². The summed E-state index contributed by atoms with van der Waals surface area (Å²) in [6.45, 7) is 1.30. The van der Waals surface area contributed by atoms with Gasteiger partial charge in [0.05, 0.1) is 24.7 Å². The van der Waals surface area contributed by atoms with Crippen molar-refractivity contribution in [3.63, 3.8) is 0 Å². The van der Waals surface area contributed by atoms with Gasteiger partial charge in [-0.1, -0.05) is 0 Å². The quantitative estimate of drug-likeness (QED) is 0.828. The number of alkyl halides is 3. The van der Waals surface area contributed by atoms with Crippen LogP contribution in [0.15, 0.2) is 12.3 Å². The molecule has 98 valence electrons. The van der Waals surface area contributed by atoms with E-state index in [2.05, 4.69) is 5.10 Å². The first kappa shape index (κ1) is 12.9. The van der Waals surface area contributed by atoms with Crippen LogP contribution in [0, 0.1) is 18.3 Å². The van der Waals surface area contributed by atoms with E-state index in [9.17, 15) is 13.2 Å². The molecule has 2 heterocycles. The molecule has 1 saturated heterocycles. The van der Waals surface area contributed by atoms with Crippen LogP contribution in [-0.4, -0.2) is 40.5 Å². The molecule has 4 nitrogen and oxygen atoms in total. The molecule has 1 aromatic heterocycles. The molecule has 7 heteroatoms. The lowest BCUT2D eigenvalue weighted by Gasteiger charge is -2.49. The van der Waals surface area contributed by atoms with Crippen molar-refractivity contribution in [1.82, 2.24) is 14.7 Å². The van der Waals surface area contributed by atoms with Gasteiger partial charge in [0.2, 0.25) is 0 Å². The molecular formula is C11H13F3N4. The fraction of sp³-hybridized carbons (Fsp3) is 0.636. The van der Waals surface area contributed by atoms with Gasteiger partial charge in [0, 0.05) is 19.3 Å². The minimum Gasteiger partial charge on any atom is -0.290 e. The second-order valence-electron chi connectivity index (χ2n) is 4.72. The van der Waals surface area contributed by atoms with Crippen molar-refractivity contribution in [2.45, 2.75) is 25.1 Å². The van der Waals surface area contributed by atoms with Crippen molar-refractivity contribution >= 4 is 0 Å². The average molecular weight is 258 g/mol. The van der Waals surface area contributed by atoms with Crippen LogP contribution in [0.4, 0.5) is 13.2 Å². The third kappa shape index (κ3) is 2.48. The first-order valence-electron chi connectivity index (χ1n) is 5.53. The highest BCUT2D eigenvalue weighted by Crippen LogP contribution is 2.34. The largest absolute Gasteiger partial charge is 0.401 e. The van der Waals surface area contributed by atoms with Crippen LogP contribution in [0.3, 0.4) is 0 Å². The van der Waals surface area contributed by atoms with Gasteiger partial charge in [-0.15, -0.1) is 0 Å². The molecule has 0 aromatic carbocycles. The number of aromatic nitrogens is 2. The maximum Gasteiger partial charge on any atom is 0.401 e. The van der Waals surface area contributed by atoms with Crippen LogP contribution < -0.4 is 0 Å². The molecule has 0 spiro atoms. The molecular weight excluding hydrogens is 245 g/mol. The minimum atomic E-state index is -4.20. The molecule has 1 aliphatic rings. The molecule has 1 fully saturated rings. The molecule has 0 radical (unpaired) electrons. The van der Waals surface area contributed by atoms with Crippen molar-refractivity contribution in [2.75, 3.05) is 19.6 Å².